The first-order chi connectivity index (χ1) is 9.50. The summed E-state index contributed by atoms with van der Waals surface area (Å²) in [5.41, 5.74) is 1.78. The summed E-state index contributed by atoms with van der Waals surface area (Å²) < 4.78 is 27.9. The molecule has 0 aliphatic heterocycles. The van der Waals surface area contributed by atoms with Crippen LogP contribution < -0.4 is 3.58 Å². The van der Waals surface area contributed by atoms with Crippen molar-refractivity contribution in [3.63, 3.8) is 0 Å². The number of para-hydroxylation sites is 1. The maximum atomic E-state index is 12.7. The number of aryl methyl sites for hydroxylation is 1. The van der Waals surface area contributed by atoms with Gasteiger partial charge in [0.15, 0.2) is 0 Å². The maximum absolute atomic E-state index is 12.7. The molecular weight excluding hydrogens is 377 g/mol. The Bertz CT molecular complexity index is 880. The van der Waals surface area contributed by atoms with Crippen LogP contribution in [0.25, 0.3) is 10.9 Å². The Labute approximate surface area is 131 Å². The van der Waals surface area contributed by atoms with E-state index in [4.69, 9.17) is 0 Å². The summed E-state index contributed by atoms with van der Waals surface area (Å²) in [5.74, 6) is 0. The average molecular weight is 389 g/mol. The number of fused-ring (bicyclic) bond motifs is 1. The standard InChI is InChI=1S/C15H12NO2S.Sn/c1-12-6-8-14(9-7-12)19(17,18)16-11-10-13-4-2-3-5-15(13)16;/h2-9,11H,1H3;. The molecule has 5 heteroatoms. The first-order valence-electron chi connectivity index (χ1n) is 6.14. The first kappa shape index (κ1) is 13.7. The van der Waals surface area contributed by atoms with Crippen LogP contribution in [-0.4, -0.2) is 34.9 Å². The van der Waals surface area contributed by atoms with Gasteiger partial charge in [-0.15, -0.1) is 0 Å². The molecule has 0 unspecified atom stereocenters. The van der Waals surface area contributed by atoms with Crippen molar-refractivity contribution in [2.45, 2.75) is 11.8 Å². The van der Waals surface area contributed by atoms with Crippen molar-refractivity contribution in [1.82, 2.24) is 3.97 Å². The molecular formula is C15H12NO2SSn. The van der Waals surface area contributed by atoms with Crippen molar-refractivity contribution in [2.75, 3.05) is 0 Å². The van der Waals surface area contributed by atoms with Gasteiger partial charge in [0.05, 0.1) is 0 Å². The van der Waals surface area contributed by atoms with E-state index in [1.165, 1.54) is 26.5 Å². The zero-order chi connectivity index (χ0) is 14.3. The van der Waals surface area contributed by atoms with Crippen LogP contribution in [0.2, 0.25) is 0 Å². The summed E-state index contributed by atoms with van der Waals surface area (Å²) in [6.07, 6.45) is 1.72. The molecule has 99 valence electrons. The SMILES string of the molecule is Cc1ccc(S(=O)(=O)n2c[c]([Sn])c3ccccc32)cc1. The summed E-state index contributed by atoms with van der Waals surface area (Å²) >= 11 is 1.21. The minimum absolute atomic E-state index is 0.319. The minimum atomic E-state index is -3.53. The van der Waals surface area contributed by atoms with E-state index in [9.17, 15) is 8.42 Å². The second kappa shape index (κ2) is 4.93. The van der Waals surface area contributed by atoms with Crippen molar-refractivity contribution < 1.29 is 8.42 Å². The Kier molecular flexibility index (Phi) is 3.38. The molecule has 3 radical (unpaired) electrons. The van der Waals surface area contributed by atoms with Crippen LogP contribution in [0.15, 0.2) is 59.6 Å². The van der Waals surface area contributed by atoms with Crippen LogP contribution in [0.1, 0.15) is 5.56 Å². The van der Waals surface area contributed by atoms with Crippen molar-refractivity contribution in [1.29, 1.82) is 0 Å². The van der Waals surface area contributed by atoms with Gasteiger partial charge in [-0.25, -0.2) is 0 Å². The number of benzene rings is 2. The second-order valence-electron chi connectivity index (χ2n) is 4.67. The normalized spacial score (nSPS) is 11.9. The van der Waals surface area contributed by atoms with Gasteiger partial charge in [-0.3, -0.25) is 0 Å². The van der Waals surface area contributed by atoms with Crippen LogP contribution >= 0.6 is 0 Å². The van der Waals surface area contributed by atoms with E-state index >= 15 is 0 Å². The topological polar surface area (TPSA) is 39.1 Å². The summed E-state index contributed by atoms with van der Waals surface area (Å²) in [7, 11) is -3.53. The summed E-state index contributed by atoms with van der Waals surface area (Å²) in [5, 5.41) is 1.00. The van der Waals surface area contributed by atoms with E-state index < -0.39 is 10.0 Å². The fraction of sp³-hybridized carbons (Fsp3) is 0.0667. The van der Waals surface area contributed by atoms with Crippen LogP contribution in [0.4, 0.5) is 0 Å². The molecule has 0 amide bonds. The van der Waals surface area contributed by atoms with Gasteiger partial charge in [-0.1, -0.05) is 0 Å². The molecule has 0 aliphatic rings. The number of aromatic nitrogens is 1. The van der Waals surface area contributed by atoms with Gasteiger partial charge in [0.25, 0.3) is 0 Å². The van der Waals surface area contributed by atoms with E-state index in [-0.39, 0.29) is 0 Å². The molecule has 1 aromatic heterocycles. The van der Waals surface area contributed by atoms with E-state index in [0.29, 0.717) is 4.90 Å². The van der Waals surface area contributed by atoms with Crippen LogP contribution in [0, 0.1) is 6.92 Å². The molecule has 0 N–H and O–H groups in total. The fourth-order valence-corrected chi connectivity index (χ4v) is 4.78. The van der Waals surface area contributed by atoms with E-state index in [1.54, 1.807) is 18.3 Å². The van der Waals surface area contributed by atoms with Crippen molar-refractivity contribution in [3.05, 3.63) is 60.3 Å². The van der Waals surface area contributed by atoms with Gasteiger partial charge in [-0.2, -0.15) is 0 Å². The average Bonchev–Trinajstić information content (AvgIpc) is 2.78. The van der Waals surface area contributed by atoms with E-state index in [0.717, 1.165) is 20.0 Å². The number of hydrogen-bond donors (Lipinski definition) is 0. The van der Waals surface area contributed by atoms with Gasteiger partial charge in [0.2, 0.25) is 0 Å². The van der Waals surface area contributed by atoms with Gasteiger partial charge in [0, 0.05) is 0 Å². The third kappa shape index (κ3) is 2.16. The van der Waals surface area contributed by atoms with Gasteiger partial charge in [0.1, 0.15) is 0 Å². The zero-order valence-electron chi connectivity index (χ0n) is 10.9. The molecule has 0 spiro atoms. The summed E-state index contributed by atoms with van der Waals surface area (Å²) in [4.78, 5) is 0.319. The molecule has 20 heavy (non-hydrogen) atoms. The Balaban J connectivity index is 2.27. The Hall–Kier alpha value is -1.27. The van der Waals surface area contributed by atoms with E-state index in [1.807, 2.05) is 43.3 Å². The molecule has 0 fully saturated rings. The first-order valence-corrected chi connectivity index (χ1v) is 9.01. The molecule has 0 saturated heterocycles. The van der Waals surface area contributed by atoms with Gasteiger partial charge in [-0.05, 0) is 0 Å². The predicted molar refractivity (Wildman–Crippen MR) is 81.1 cm³/mol. The van der Waals surface area contributed by atoms with Crippen LogP contribution in [0.3, 0.4) is 0 Å². The monoisotopic (exact) mass is 390 g/mol. The Morgan fingerprint density at radius 3 is 2.35 bits per heavy atom. The third-order valence-corrected chi connectivity index (χ3v) is 6.08. The molecule has 0 bridgehead atoms. The van der Waals surface area contributed by atoms with Gasteiger partial charge < -0.3 is 0 Å². The molecule has 1 heterocycles. The molecule has 2 aromatic carbocycles. The molecule has 3 nitrogen and oxygen atoms in total. The summed E-state index contributed by atoms with van der Waals surface area (Å²) in [6.45, 7) is 1.94. The second-order valence-corrected chi connectivity index (χ2v) is 8.03. The number of nitrogens with zero attached hydrogens (tertiary/aromatic N) is 1. The molecule has 3 aromatic rings. The number of rotatable bonds is 2. The van der Waals surface area contributed by atoms with Crippen molar-refractivity contribution in [2.24, 2.45) is 0 Å². The van der Waals surface area contributed by atoms with Crippen molar-refractivity contribution >= 4 is 47.0 Å². The molecule has 3 rings (SSSR count). The number of hydrogen-bond acceptors (Lipinski definition) is 2. The van der Waals surface area contributed by atoms with Gasteiger partial charge >= 0.3 is 132 Å². The fourth-order valence-electron chi connectivity index (χ4n) is 2.17. The molecule has 0 atom stereocenters. The predicted octanol–water partition coefficient (Wildman–Crippen LogP) is 1.98. The van der Waals surface area contributed by atoms with Crippen LogP contribution in [-0.2, 0) is 10.0 Å². The Morgan fingerprint density at radius 1 is 1.00 bits per heavy atom. The summed E-state index contributed by atoms with van der Waals surface area (Å²) in [6, 6.07) is 14.5. The zero-order valence-corrected chi connectivity index (χ0v) is 14.5. The van der Waals surface area contributed by atoms with E-state index in [2.05, 4.69) is 0 Å². The van der Waals surface area contributed by atoms with Crippen LogP contribution in [0.5, 0.6) is 0 Å². The molecule has 0 saturated carbocycles. The molecule has 0 aliphatic carbocycles. The third-order valence-electron chi connectivity index (χ3n) is 3.26. The Morgan fingerprint density at radius 2 is 1.65 bits per heavy atom. The quantitative estimate of drug-likeness (QED) is 0.629. The van der Waals surface area contributed by atoms with Crippen molar-refractivity contribution in [3.8, 4) is 0 Å².